The van der Waals surface area contributed by atoms with E-state index < -0.39 is 0 Å². The number of carbonyl (C=O) groups is 2. The van der Waals surface area contributed by atoms with Crippen LogP contribution in [0.4, 0.5) is 5.69 Å². The van der Waals surface area contributed by atoms with E-state index in [1.807, 2.05) is 48.5 Å². The Balaban J connectivity index is 1.32. The maximum Gasteiger partial charge on any atom is 0.282 e. The molecule has 0 spiro atoms. The van der Waals surface area contributed by atoms with Gasteiger partial charge in [0.05, 0.1) is 13.1 Å². The summed E-state index contributed by atoms with van der Waals surface area (Å²) in [5.74, 6) is 0.234. The lowest BCUT2D eigenvalue weighted by molar-refractivity contribution is -0.897. The van der Waals surface area contributed by atoms with Gasteiger partial charge in [-0.15, -0.1) is 0 Å². The van der Waals surface area contributed by atoms with Crippen molar-refractivity contribution in [2.45, 2.75) is 57.0 Å². The van der Waals surface area contributed by atoms with Gasteiger partial charge in [0.2, 0.25) is 0 Å². The first kappa shape index (κ1) is 21.6. The fourth-order valence-corrected chi connectivity index (χ4v) is 4.99. The van der Waals surface area contributed by atoms with Gasteiger partial charge in [0.25, 0.3) is 11.8 Å². The molecule has 1 saturated heterocycles. The molecule has 2 N–H and O–H groups in total. The number of hydrogen-bond donors (Lipinski definition) is 2. The zero-order valence-electron chi connectivity index (χ0n) is 18.3. The number of benzene rings is 2. The number of piperidine rings is 1. The number of anilines is 1. The van der Waals surface area contributed by atoms with Crippen molar-refractivity contribution < 1.29 is 14.5 Å². The predicted molar refractivity (Wildman–Crippen MR) is 123 cm³/mol. The first-order valence-corrected chi connectivity index (χ1v) is 11.8. The molecule has 1 aliphatic carbocycles. The lowest BCUT2D eigenvalue weighted by atomic mass is 9.93. The van der Waals surface area contributed by atoms with Crippen molar-refractivity contribution in [3.8, 4) is 0 Å². The van der Waals surface area contributed by atoms with Gasteiger partial charge < -0.3 is 15.1 Å². The second kappa shape index (κ2) is 10.6. The number of nitrogens with zero attached hydrogens (tertiary/aromatic N) is 1. The van der Waals surface area contributed by atoms with Crippen molar-refractivity contribution in [1.82, 2.24) is 5.32 Å². The fraction of sp³-hybridized carbons (Fsp3) is 0.462. The van der Waals surface area contributed by atoms with E-state index in [9.17, 15) is 9.59 Å². The van der Waals surface area contributed by atoms with E-state index >= 15 is 0 Å². The Kier molecular flexibility index (Phi) is 7.36. The molecule has 31 heavy (non-hydrogen) atoms. The number of para-hydroxylation sites is 1. The topological polar surface area (TPSA) is 53.9 Å². The minimum Gasteiger partial charge on any atom is -0.349 e. The van der Waals surface area contributed by atoms with E-state index in [1.165, 1.54) is 24.2 Å². The van der Waals surface area contributed by atoms with E-state index in [0.29, 0.717) is 18.2 Å². The standard InChI is InChI=1S/C26H33N3O2/c30-25(29(23-12-6-2-7-13-23)24-14-8-3-9-15-24)20-28-18-16-22(17-19-28)27-26(31)21-10-4-1-5-11-21/h1-2,4-7,10-13,22,24H,3,8-9,14-20H2,(H,27,31)/p+1. The van der Waals surface area contributed by atoms with Crippen LogP contribution < -0.4 is 15.1 Å². The highest BCUT2D eigenvalue weighted by Crippen LogP contribution is 2.27. The largest absolute Gasteiger partial charge is 0.349 e. The van der Waals surface area contributed by atoms with Crippen LogP contribution in [0.2, 0.25) is 0 Å². The SMILES string of the molecule is O=C(NC1CC[NH+](CC(=O)N(c2ccccc2)C2CCCCC2)CC1)c1ccccc1. The summed E-state index contributed by atoms with van der Waals surface area (Å²) in [5.41, 5.74) is 1.74. The summed E-state index contributed by atoms with van der Waals surface area (Å²) in [4.78, 5) is 29.2. The second-order valence-electron chi connectivity index (χ2n) is 8.93. The second-order valence-corrected chi connectivity index (χ2v) is 8.93. The highest BCUT2D eigenvalue weighted by Gasteiger charge is 2.31. The summed E-state index contributed by atoms with van der Waals surface area (Å²) in [5, 5.41) is 3.16. The van der Waals surface area contributed by atoms with Crippen LogP contribution in [0.1, 0.15) is 55.3 Å². The van der Waals surface area contributed by atoms with Gasteiger partial charge in [-0.3, -0.25) is 9.59 Å². The molecule has 0 bridgehead atoms. The van der Waals surface area contributed by atoms with Crippen LogP contribution in [-0.4, -0.2) is 43.5 Å². The first-order chi connectivity index (χ1) is 15.2. The van der Waals surface area contributed by atoms with Crippen LogP contribution in [-0.2, 0) is 4.79 Å². The van der Waals surface area contributed by atoms with Crippen LogP contribution in [0, 0.1) is 0 Å². The van der Waals surface area contributed by atoms with Gasteiger partial charge >= 0.3 is 0 Å². The van der Waals surface area contributed by atoms with Crippen LogP contribution in [0.25, 0.3) is 0 Å². The number of hydrogen-bond acceptors (Lipinski definition) is 2. The number of nitrogens with one attached hydrogen (secondary N) is 2. The lowest BCUT2D eigenvalue weighted by Gasteiger charge is -2.36. The van der Waals surface area contributed by atoms with Crippen molar-refractivity contribution in [2.24, 2.45) is 0 Å². The summed E-state index contributed by atoms with van der Waals surface area (Å²) < 4.78 is 0. The van der Waals surface area contributed by atoms with E-state index in [-0.39, 0.29) is 17.9 Å². The molecule has 164 valence electrons. The summed E-state index contributed by atoms with van der Waals surface area (Å²) in [6.45, 7) is 2.36. The van der Waals surface area contributed by atoms with Crippen molar-refractivity contribution in [2.75, 3.05) is 24.5 Å². The molecule has 2 amide bonds. The highest BCUT2D eigenvalue weighted by atomic mass is 16.2. The van der Waals surface area contributed by atoms with Crippen LogP contribution in [0.5, 0.6) is 0 Å². The van der Waals surface area contributed by atoms with E-state index in [0.717, 1.165) is 44.5 Å². The Hall–Kier alpha value is -2.66. The summed E-state index contributed by atoms with van der Waals surface area (Å²) in [6.07, 6.45) is 7.72. The third-order valence-corrected chi connectivity index (χ3v) is 6.71. The fourth-order valence-electron chi connectivity index (χ4n) is 4.99. The van der Waals surface area contributed by atoms with Gasteiger partial charge in [0.15, 0.2) is 6.54 Å². The molecule has 0 unspecified atom stereocenters. The van der Waals surface area contributed by atoms with Gasteiger partial charge in [-0.05, 0) is 37.1 Å². The third-order valence-electron chi connectivity index (χ3n) is 6.71. The van der Waals surface area contributed by atoms with E-state index in [4.69, 9.17) is 0 Å². The monoisotopic (exact) mass is 420 g/mol. The molecule has 2 aromatic rings. The third kappa shape index (κ3) is 5.73. The summed E-state index contributed by atoms with van der Waals surface area (Å²) in [6, 6.07) is 20.1. The first-order valence-electron chi connectivity index (χ1n) is 11.8. The molecular weight excluding hydrogens is 386 g/mol. The Bertz CT molecular complexity index is 841. The molecule has 2 aromatic carbocycles. The van der Waals surface area contributed by atoms with Crippen molar-refractivity contribution >= 4 is 17.5 Å². The number of rotatable bonds is 6. The van der Waals surface area contributed by atoms with E-state index in [2.05, 4.69) is 22.3 Å². The number of amides is 2. The molecule has 1 saturated carbocycles. The number of likely N-dealkylation sites (tertiary alicyclic amines) is 1. The van der Waals surface area contributed by atoms with Crippen molar-refractivity contribution in [3.05, 3.63) is 66.2 Å². The summed E-state index contributed by atoms with van der Waals surface area (Å²) in [7, 11) is 0. The minimum atomic E-state index is -0.00215. The van der Waals surface area contributed by atoms with Crippen LogP contribution >= 0.6 is 0 Å². The van der Waals surface area contributed by atoms with Gasteiger partial charge in [-0.2, -0.15) is 0 Å². The smallest absolute Gasteiger partial charge is 0.282 e. The molecule has 0 radical (unpaired) electrons. The van der Waals surface area contributed by atoms with Gasteiger partial charge in [-0.1, -0.05) is 55.7 Å². The molecule has 0 aromatic heterocycles. The molecule has 1 aliphatic heterocycles. The molecule has 0 atom stereocenters. The molecule has 2 aliphatic rings. The van der Waals surface area contributed by atoms with Crippen molar-refractivity contribution in [3.63, 3.8) is 0 Å². The van der Waals surface area contributed by atoms with Crippen LogP contribution in [0.15, 0.2) is 60.7 Å². The molecule has 4 rings (SSSR count). The quantitative estimate of drug-likeness (QED) is 0.755. The predicted octanol–water partition coefficient (Wildman–Crippen LogP) is 2.83. The van der Waals surface area contributed by atoms with Gasteiger partial charge in [0.1, 0.15) is 0 Å². The average molecular weight is 421 g/mol. The van der Waals surface area contributed by atoms with Gasteiger partial charge in [-0.25, -0.2) is 0 Å². The minimum absolute atomic E-state index is 0.00215. The Labute approximate surface area is 185 Å². The van der Waals surface area contributed by atoms with E-state index in [1.54, 1.807) is 0 Å². The highest BCUT2D eigenvalue weighted by molar-refractivity contribution is 5.95. The number of quaternary nitrogens is 1. The van der Waals surface area contributed by atoms with Crippen LogP contribution in [0.3, 0.4) is 0 Å². The molecular formula is C26H34N3O2+. The van der Waals surface area contributed by atoms with Crippen molar-refractivity contribution in [1.29, 1.82) is 0 Å². The van der Waals surface area contributed by atoms with Gasteiger partial charge in [0, 0.05) is 36.2 Å². The zero-order chi connectivity index (χ0) is 21.5. The molecule has 5 heteroatoms. The maximum absolute atomic E-state index is 13.4. The Morgan fingerprint density at radius 1 is 0.839 bits per heavy atom. The Morgan fingerprint density at radius 3 is 2.10 bits per heavy atom. The maximum atomic E-state index is 13.4. The molecule has 5 nitrogen and oxygen atoms in total. The normalized spacial score (nSPS) is 21.9. The zero-order valence-corrected chi connectivity index (χ0v) is 18.3. The molecule has 2 fully saturated rings. The summed E-state index contributed by atoms with van der Waals surface area (Å²) >= 11 is 0. The molecule has 1 heterocycles. The number of carbonyl (C=O) groups excluding carboxylic acids is 2. The Morgan fingerprint density at radius 2 is 1.45 bits per heavy atom. The average Bonchev–Trinajstić information content (AvgIpc) is 2.82. The lowest BCUT2D eigenvalue weighted by Crippen LogP contribution is -3.14.